The zero-order valence-electron chi connectivity index (χ0n) is 25.0. The van der Waals surface area contributed by atoms with E-state index < -0.39 is 11.9 Å². The summed E-state index contributed by atoms with van der Waals surface area (Å²) in [5, 5.41) is 11.0. The van der Waals surface area contributed by atoms with Crippen LogP contribution >= 0.6 is 11.3 Å². The highest BCUT2D eigenvalue weighted by Crippen LogP contribution is 2.33. The van der Waals surface area contributed by atoms with Crippen molar-refractivity contribution in [1.82, 2.24) is 25.5 Å². The van der Waals surface area contributed by atoms with Crippen molar-refractivity contribution < 1.29 is 38.1 Å². The van der Waals surface area contributed by atoms with Crippen molar-refractivity contribution in [2.75, 3.05) is 58.1 Å². The molecule has 4 amide bonds. The van der Waals surface area contributed by atoms with Crippen LogP contribution in [0, 0.1) is 0 Å². The van der Waals surface area contributed by atoms with Gasteiger partial charge in [-0.3, -0.25) is 24.5 Å². The van der Waals surface area contributed by atoms with Gasteiger partial charge in [-0.05, 0) is 48.1 Å². The lowest BCUT2D eigenvalue weighted by molar-refractivity contribution is -0.137. The van der Waals surface area contributed by atoms with Crippen LogP contribution in [-0.2, 0) is 35.1 Å². The summed E-state index contributed by atoms with van der Waals surface area (Å²) >= 11 is 1.41. The molecular weight excluding hydrogens is 604 g/mol. The van der Waals surface area contributed by atoms with Crippen LogP contribution in [-0.4, -0.2) is 97.3 Å². The number of carbonyl (C=O) groups is 4. The molecule has 4 heterocycles. The monoisotopic (exact) mass is 640 g/mol. The first-order chi connectivity index (χ1) is 21.9. The number of anilines is 2. The van der Waals surface area contributed by atoms with Gasteiger partial charge < -0.3 is 34.5 Å². The summed E-state index contributed by atoms with van der Waals surface area (Å²) in [4.78, 5) is 60.3. The van der Waals surface area contributed by atoms with Crippen molar-refractivity contribution in [2.45, 2.75) is 38.8 Å². The van der Waals surface area contributed by atoms with E-state index in [0.717, 1.165) is 24.0 Å². The summed E-state index contributed by atoms with van der Waals surface area (Å²) in [5.74, 6) is -0.878. The highest BCUT2D eigenvalue weighted by atomic mass is 32.1. The number of piperidine rings is 1. The number of carbonyl (C=O) groups excluding carboxylic acids is 4. The number of fused-ring (bicyclic) bond motifs is 2. The molecule has 15 heteroatoms. The Morgan fingerprint density at radius 2 is 1.82 bits per heavy atom. The van der Waals surface area contributed by atoms with E-state index in [1.165, 1.54) is 16.2 Å². The molecule has 1 aromatic carbocycles. The Bertz CT molecular complexity index is 1530. The lowest BCUT2D eigenvalue weighted by atomic mass is 10.0. The van der Waals surface area contributed by atoms with Crippen LogP contribution in [0.1, 0.15) is 42.1 Å². The van der Waals surface area contributed by atoms with E-state index in [-0.39, 0.29) is 43.3 Å². The molecule has 5 rings (SSSR count). The molecule has 2 aliphatic rings. The molecule has 1 saturated heterocycles. The summed E-state index contributed by atoms with van der Waals surface area (Å²) in [5.41, 5.74) is 1.94. The zero-order chi connectivity index (χ0) is 31.6. The number of amides is 4. The van der Waals surface area contributed by atoms with E-state index in [0.29, 0.717) is 67.9 Å². The van der Waals surface area contributed by atoms with E-state index >= 15 is 0 Å². The predicted octanol–water partition coefficient (Wildman–Crippen LogP) is 2.15. The summed E-state index contributed by atoms with van der Waals surface area (Å²) in [7, 11) is 0. The average Bonchev–Trinajstić information content (AvgIpc) is 3.63. The highest BCUT2D eigenvalue weighted by Gasteiger charge is 2.39. The second-order valence-corrected chi connectivity index (χ2v) is 11.3. The Balaban J connectivity index is 1.10. The Morgan fingerprint density at radius 1 is 1.04 bits per heavy atom. The largest absolute Gasteiger partial charge is 0.453 e. The summed E-state index contributed by atoms with van der Waals surface area (Å²) < 4.78 is 21.8. The number of nitrogens with zero attached hydrogens (tertiary/aromatic N) is 3. The van der Waals surface area contributed by atoms with Crippen molar-refractivity contribution in [3.63, 3.8) is 0 Å². The number of thiophene rings is 1. The molecule has 0 radical (unpaired) electrons. The minimum absolute atomic E-state index is 0.0410. The van der Waals surface area contributed by atoms with E-state index in [1.807, 2.05) is 17.5 Å². The lowest BCUT2D eigenvalue weighted by Crippen LogP contribution is -2.52. The summed E-state index contributed by atoms with van der Waals surface area (Å²) in [6.07, 6.45) is 1.47. The summed E-state index contributed by atoms with van der Waals surface area (Å²) in [6, 6.07) is 6.54. The van der Waals surface area contributed by atoms with Crippen LogP contribution in [0.3, 0.4) is 0 Å². The van der Waals surface area contributed by atoms with E-state index in [4.69, 9.17) is 18.9 Å². The van der Waals surface area contributed by atoms with Gasteiger partial charge in [0.25, 0.3) is 11.8 Å². The van der Waals surface area contributed by atoms with E-state index in [1.54, 1.807) is 12.1 Å². The fourth-order valence-corrected chi connectivity index (χ4v) is 5.67. The molecule has 3 aromatic rings. The second-order valence-electron chi connectivity index (χ2n) is 10.4. The molecule has 2 aliphatic heterocycles. The number of benzene rings is 1. The SMILES string of the molecule is CCCOCCOCCOCCNC(=O)COc1nc(Nc2ccc3c(c2)CN(C2CCC(=O)NC2=O)C3=O)c2ccsc2n1. The molecule has 0 saturated carbocycles. The topological polar surface area (TPSA) is 170 Å². The first kappa shape index (κ1) is 32.2. The Hall–Kier alpha value is -4.18. The zero-order valence-corrected chi connectivity index (χ0v) is 25.8. The Morgan fingerprint density at radius 3 is 2.60 bits per heavy atom. The smallest absolute Gasteiger partial charge is 0.320 e. The van der Waals surface area contributed by atoms with Crippen molar-refractivity contribution in [2.24, 2.45) is 0 Å². The fourth-order valence-electron chi connectivity index (χ4n) is 4.91. The molecule has 0 aliphatic carbocycles. The van der Waals surface area contributed by atoms with Crippen LogP contribution in [0.15, 0.2) is 29.6 Å². The van der Waals surface area contributed by atoms with Crippen molar-refractivity contribution in [3.8, 4) is 6.01 Å². The molecular formula is C30H36N6O8S. The minimum atomic E-state index is -0.684. The second kappa shape index (κ2) is 15.7. The molecule has 240 valence electrons. The van der Waals surface area contributed by atoms with Crippen molar-refractivity contribution in [1.29, 1.82) is 0 Å². The van der Waals surface area contributed by atoms with Gasteiger partial charge in [-0.1, -0.05) is 6.92 Å². The van der Waals surface area contributed by atoms with Gasteiger partial charge in [-0.25, -0.2) is 0 Å². The molecule has 1 atom stereocenters. The highest BCUT2D eigenvalue weighted by molar-refractivity contribution is 7.16. The number of hydrogen-bond donors (Lipinski definition) is 3. The van der Waals surface area contributed by atoms with Crippen LogP contribution in [0.4, 0.5) is 11.5 Å². The Labute approximate surface area is 263 Å². The number of ether oxygens (including phenoxy) is 4. The van der Waals surface area contributed by atoms with Gasteiger partial charge >= 0.3 is 6.01 Å². The minimum Gasteiger partial charge on any atom is -0.453 e. The lowest BCUT2D eigenvalue weighted by Gasteiger charge is -2.29. The first-order valence-corrected chi connectivity index (χ1v) is 15.7. The third kappa shape index (κ3) is 8.51. The predicted molar refractivity (Wildman–Crippen MR) is 164 cm³/mol. The molecule has 2 aromatic heterocycles. The number of hydrogen-bond acceptors (Lipinski definition) is 12. The van der Waals surface area contributed by atoms with Crippen molar-refractivity contribution in [3.05, 3.63) is 40.8 Å². The third-order valence-corrected chi connectivity index (χ3v) is 7.89. The molecule has 0 bridgehead atoms. The third-order valence-electron chi connectivity index (χ3n) is 7.08. The maximum atomic E-state index is 13.0. The van der Waals surface area contributed by atoms with Crippen LogP contribution in [0.2, 0.25) is 0 Å². The molecule has 0 spiro atoms. The molecule has 14 nitrogen and oxygen atoms in total. The Kier molecular flexibility index (Phi) is 11.2. The number of aromatic nitrogens is 2. The number of imide groups is 1. The molecule has 45 heavy (non-hydrogen) atoms. The van der Waals surface area contributed by atoms with Gasteiger partial charge in [-0.15, -0.1) is 11.3 Å². The number of rotatable bonds is 17. The molecule has 1 fully saturated rings. The summed E-state index contributed by atoms with van der Waals surface area (Å²) in [6.45, 7) is 5.38. The average molecular weight is 641 g/mol. The van der Waals surface area contributed by atoms with Gasteiger partial charge in [0.15, 0.2) is 6.61 Å². The van der Waals surface area contributed by atoms with Gasteiger partial charge in [0.2, 0.25) is 11.8 Å². The molecule has 3 N–H and O–H groups in total. The van der Waals surface area contributed by atoms with Gasteiger partial charge in [-0.2, -0.15) is 9.97 Å². The standard InChI is InChI=1S/C30H36N6O8S/c1-2-9-41-11-13-43-14-12-42-10-8-31-25(38)18-44-30-34-26(22-7-15-45-28(22)35-30)32-20-3-4-21-19(16-20)17-36(29(21)40)23-5-6-24(37)33-27(23)39/h3-4,7,15-16,23H,2,5-6,8-14,17-18H2,1H3,(H,31,38)(H,32,34,35)(H,33,37,39). The maximum absolute atomic E-state index is 13.0. The van der Waals surface area contributed by atoms with Gasteiger partial charge in [0.1, 0.15) is 16.7 Å². The quantitative estimate of drug-likeness (QED) is 0.146. The first-order valence-electron chi connectivity index (χ1n) is 14.9. The molecule has 1 unspecified atom stereocenters. The van der Waals surface area contributed by atoms with Crippen LogP contribution in [0.5, 0.6) is 6.01 Å². The maximum Gasteiger partial charge on any atom is 0.320 e. The van der Waals surface area contributed by atoms with Gasteiger partial charge in [0.05, 0.1) is 38.4 Å². The normalized spacial score (nSPS) is 16.2. The fraction of sp³-hybridized carbons (Fsp3) is 0.467. The van der Waals surface area contributed by atoms with Crippen molar-refractivity contribution >= 4 is 56.7 Å². The van der Waals surface area contributed by atoms with Crippen LogP contribution in [0.25, 0.3) is 10.2 Å². The van der Waals surface area contributed by atoms with E-state index in [2.05, 4.69) is 32.8 Å². The van der Waals surface area contributed by atoms with Crippen LogP contribution < -0.4 is 20.7 Å². The number of nitrogens with one attached hydrogen (secondary N) is 3. The van der Waals surface area contributed by atoms with Gasteiger partial charge in [0, 0.05) is 37.4 Å². The van der Waals surface area contributed by atoms with E-state index in [9.17, 15) is 19.2 Å².